The minimum Gasteiger partial charge on any atom is -0.481 e. The second-order valence-corrected chi connectivity index (χ2v) is 6.15. The first-order valence-corrected chi connectivity index (χ1v) is 7.84. The van der Waals surface area contributed by atoms with Gasteiger partial charge in [0.2, 0.25) is 0 Å². The number of aliphatic carboxylic acids is 1. The molecule has 0 fully saturated rings. The van der Waals surface area contributed by atoms with Crippen molar-refractivity contribution in [2.75, 3.05) is 11.9 Å². The van der Waals surface area contributed by atoms with Crippen LogP contribution in [0.2, 0.25) is 0 Å². The SMILES string of the molecule is CN(Cc1ccccc1Br)c1nc(CCC(=O)O)cs1. The largest absolute Gasteiger partial charge is 0.481 e. The molecule has 0 unspecified atom stereocenters. The standard InChI is InChI=1S/C14H15BrN2O2S/c1-17(8-10-4-2-3-5-12(10)15)14-16-11(9-20-14)6-7-13(18)19/h2-5,9H,6-8H2,1H3,(H,18,19). The zero-order valence-electron chi connectivity index (χ0n) is 11.0. The monoisotopic (exact) mass is 354 g/mol. The molecule has 0 aliphatic carbocycles. The highest BCUT2D eigenvalue weighted by Gasteiger charge is 2.10. The van der Waals surface area contributed by atoms with Crippen molar-refractivity contribution in [1.29, 1.82) is 0 Å². The first kappa shape index (κ1) is 15.0. The fourth-order valence-corrected chi connectivity index (χ4v) is 3.01. The maximum Gasteiger partial charge on any atom is 0.303 e. The number of aryl methyl sites for hydroxylation is 1. The molecule has 2 rings (SSSR count). The van der Waals surface area contributed by atoms with Crippen LogP contribution < -0.4 is 4.90 Å². The number of carboxylic acids is 1. The Morgan fingerprint density at radius 1 is 1.45 bits per heavy atom. The van der Waals surface area contributed by atoms with Gasteiger partial charge >= 0.3 is 5.97 Å². The van der Waals surface area contributed by atoms with E-state index in [1.165, 1.54) is 5.56 Å². The second kappa shape index (κ2) is 6.85. The zero-order chi connectivity index (χ0) is 14.5. The molecule has 0 radical (unpaired) electrons. The molecule has 0 amide bonds. The summed E-state index contributed by atoms with van der Waals surface area (Å²) in [6, 6.07) is 8.08. The molecule has 6 heteroatoms. The van der Waals surface area contributed by atoms with Crippen molar-refractivity contribution in [2.45, 2.75) is 19.4 Å². The quantitative estimate of drug-likeness (QED) is 0.861. The summed E-state index contributed by atoms with van der Waals surface area (Å²) in [5.41, 5.74) is 2.03. The fourth-order valence-electron chi connectivity index (χ4n) is 1.77. The maximum absolute atomic E-state index is 10.6. The van der Waals surface area contributed by atoms with E-state index in [2.05, 4.69) is 31.9 Å². The lowest BCUT2D eigenvalue weighted by molar-refractivity contribution is -0.136. The van der Waals surface area contributed by atoms with Crippen LogP contribution in [0.4, 0.5) is 5.13 Å². The highest BCUT2D eigenvalue weighted by Crippen LogP contribution is 2.24. The summed E-state index contributed by atoms with van der Waals surface area (Å²) in [4.78, 5) is 17.1. The molecule has 20 heavy (non-hydrogen) atoms. The number of aromatic nitrogens is 1. The van der Waals surface area contributed by atoms with Crippen LogP contribution in [0.15, 0.2) is 34.1 Å². The van der Waals surface area contributed by atoms with Crippen molar-refractivity contribution < 1.29 is 9.90 Å². The summed E-state index contributed by atoms with van der Waals surface area (Å²) in [6.45, 7) is 0.757. The third-order valence-corrected chi connectivity index (χ3v) is 4.60. The van der Waals surface area contributed by atoms with Gasteiger partial charge in [0, 0.05) is 29.9 Å². The first-order chi connectivity index (χ1) is 9.56. The second-order valence-electron chi connectivity index (χ2n) is 4.46. The average Bonchev–Trinajstić information content (AvgIpc) is 2.88. The van der Waals surface area contributed by atoms with Crippen LogP contribution in [0.1, 0.15) is 17.7 Å². The van der Waals surface area contributed by atoms with Gasteiger partial charge in [0.15, 0.2) is 5.13 Å². The van der Waals surface area contributed by atoms with Gasteiger partial charge in [-0.3, -0.25) is 4.79 Å². The van der Waals surface area contributed by atoms with E-state index in [4.69, 9.17) is 5.11 Å². The van der Waals surface area contributed by atoms with Crippen LogP contribution in [0.5, 0.6) is 0 Å². The predicted octanol–water partition coefficient (Wildman–Crippen LogP) is 3.56. The van der Waals surface area contributed by atoms with E-state index < -0.39 is 5.97 Å². The molecule has 2 aromatic rings. The van der Waals surface area contributed by atoms with E-state index in [1.807, 2.05) is 30.6 Å². The lowest BCUT2D eigenvalue weighted by Gasteiger charge is -2.16. The van der Waals surface area contributed by atoms with E-state index >= 15 is 0 Å². The summed E-state index contributed by atoms with van der Waals surface area (Å²) < 4.78 is 1.08. The van der Waals surface area contributed by atoms with Crippen molar-refractivity contribution in [1.82, 2.24) is 4.98 Å². The van der Waals surface area contributed by atoms with Crippen LogP contribution >= 0.6 is 27.3 Å². The molecule has 0 aliphatic heterocycles. The lowest BCUT2D eigenvalue weighted by Crippen LogP contribution is -2.16. The fraction of sp³-hybridized carbons (Fsp3) is 0.286. The number of anilines is 1. The molecule has 0 spiro atoms. The number of rotatable bonds is 6. The first-order valence-electron chi connectivity index (χ1n) is 6.17. The Labute approximate surface area is 130 Å². The van der Waals surface area contributed by atoms with Gasteiger partial charge in [-0.25, -0.2) is 4.98 Å². The highest BCUT2D eigenvalue weighted by atomic mass is 79.9. The molecular formula is C14H15BrN2O2S. The summed E-state index contributed by atoms with van der Waals surface area (Å²) >= 11 is 5.08. The van der Waals surface area contributed by atoms with Gasteiger partial charge in [-0.2, -0.15) is 0 Å². The van der Waals surface area contributed by atoms with E-state index in [1.54, 1.807) is 11.3 Å². The molecule has 1 aromatic carbocycles. The predicted molar refractivity (Wildman–Crippen MR) is 84.3 cm³/mol. The normalized spacial score (nSPS) is 10.5. The van der Waals surface area contributed by atoms with Crippen LogP contribution in [0.3, 0.4) is 0 Å². The molecule has 0 saturated heterocycles. The topological polar surface area (TPSA) is 53.4 Å². The number of halogens is 1. The number of carbonyl (C=O) groups is 1. The number of nitrogens with zero attached hydrogens (tertiary/aromatic N) is 2. The van der Waals surface area contributed by atoms with Gasteiger partial charge in [0.05, 0.1) is 12.1 Å². The van der Waals surface area contributed by atoms with Crippen LogP contribution in [0, 0.1) is 0 Å². The molecule has 106 valence electrons. The van der Waals surface area contributed by atoms with Crippen LogP contribution in [-0.4, -0.2) is 23.1 Å². The number of carboxylic acid groups (broad SMARTS) is 1. The summed E-state index contributed by atoms with van der Waals surface area (Å²) in [6.07, 6.45) is 0.603. The molecular weight excluding hydrogens is 340 g/mol. The third kappa shape index (κ3) is 4.05. The van der Waals surface area contributed by atoms with Gasteiger partial charge in [-0.05, 0) is 11.6 Å². The minimum absolute atomic E-state index is 0.122. The Hall–Kier alpha value is -1.40. The Kier molecular flexibility index (Phi) is 5.14. The average molecular weight is 355 g/mol. The minimum atomic E-state index is -0.791. The van der Waals surface area contributed by atoms with Gasteiger partial charge in [0.1, 0.15) is 0 Å². The summed E-state index contributed by atoms with van der Waals surface area (Å²) in [7, 11) is 1.99. The number of hydrogen-bond acceptors (Lipinski definition) is 4. The van der Waals surface area contributed by atoms with Gasteiger partial charge < -0.3 is 10.0 Å². The zero-order valence-corrected chi connectivity index (χ0v) is 13.4. The van der Waals surface area contributed by atoms with Crippen molar-refractivity contribution in [3.8, 4) is 0 Å². The maximum atomic E-state index is 10.6. The molecule has 4 nitrogen and oxygen atoms in total. The van der Waals surface area contributed by atoms with Crippen molar-refractivity contribution >= 4 is 38.4 Å². The molecule has 1 N–H and O–H groups in total. The Balaban J connectivity index is 2.01. The van der Waals surface area contributed by atoms with Crippen LogP contribution in [0.25, 0.3) is 0 Å². The molecule has 0 aliphatic rings. The van der Waals surface area contributed by atoms with Crippen molar-refractivity contribution in [3.05, 3.63) is 45.4 Å². The number of thiazole rings is 1. The van der Waals surface area contributed by atoms with Gasteiger partial charge in [0.25, 0.3) is 0 Å². The number of hydrogen-bond donors (Lipinski definition) is 1. The smallest absolute Gasteiger partial charge is 0.303 e. The number of benzene rings is 1. The molecule has 0 bridgehead atoms. The van der Waals surface area contributed by atoms with E-state index in [9.17, 15) is 4.79 Å². The highest BCUT2D eigenvalue weighted by molar-refractivity contribution is 9.10. The van der Waals surface area contributed by atoms with Crippen molar-refractivity contribution in [3.63, 3.8) is 0 Å². The Morgan fingerprint density at radius 2 is 2.20 bits per heavy atom. The Morgan fingerprint density at radius 3 is 2.90 bits per heavy atom. The molecule has 1 heterocycles. The molecule has 0 saturated carbocycles. The summed E-state index contributed by atoms with van der Waals surface area (Å²) in [5, 5.41) is 11.5. The summed E-state index contributed by atoms with van der Waals surface area (Å²) in [5.74, 6) is -0.791. The Bertz CT molecular complexity index is 600. The molecule has 1 aromatic heterocycles. The van der Waals surface area contributed by atoms with Crippen molar-refractivity contribution in [2.24, 2.45) is 0 Å². The van der Waals surface area contributed by atoms with E-state index in [0.717, 1.165) is 21.8 Å². The molecule has 0 atom stereocenters. The van der Waals surface area contributed by atoms with E-state index in [0.29, 0.717) is 6.42 Å². The van der Waals surface area contributed by atoms with Crippen LogP contribution in [-0.2, 0) is 17.8 Å². The third-order valence-electron chi connectivity index (χ3n) is 2.83. The van der Waals surface area contributed by atoms with Gasteiger partial charge in [-0.1, -0.05) is 34.1 Å². The van der Waals surface area contributed by atoms with E-state index in [-0.39, 0.29) is 6.42 Å². The lowest BCUT2D eigenvalue weighted by atomic mass is 10.2. The van der Waals surface area contributed by atoms with Gasteiger partial charge in [-0.15, -0.1) is 11.3 Å².